The maximum absolute atomic E-state index is 5.98. The molecule has 0 aromatic heterocycles. The average molecular weight is 301 g/mol. The first kappa shape index (κ1) is 14.3. The lowest BCUT2D eigenvalue weighted by Crippen LogP contribution is -2.57. The predicted molar refractivity (Wildman–Crippen MR) is 91.5 cm³/mol. The van der Waals surface area contributed by atoms with Crippen LogP contribution in [0.25, 0.3) is 0 Å². The molecule has 0 spiro atoms. The normalized spacial score (nSPS) is 22.4. The van der Waals surface area contributed by atoms with E-state index in [-0.39, 0.29) is 0 Å². The Hall–Kier alpha value is -1.67. The molecule has 0 bridgehead atoms. The minimum absolute atomic E-state index is 0.479. The second-order valence-corrected chi connectivity index (χ2v) is 6.26. The minimum atomic E-state index is 0.479. The molecular weight excluding hydrogens is 280 g/mol. The van der Waals surface area contributed by atoms with Gasteiger partial charge in [0.1, 0.15) is 0 Å². The Labute approximate surface area is 131 Å². The second kappa shape index (κ2) is 5.98. The van der Waals surface area contributed by atoms with Gasteiger partial charge in [0.05, 0.1) is 0 Å². The highest BCUT2D eigenvalue weighted by Gasteiger charge is 2.29. The summed E-state index contributed by atoms with van der Waals surface area (Å²) in [6.45, 7) is 6.65. The third kappa shape index (κ3) is 3.01. The molecule has 1 heterocycles. The quantitative estimate of drug-likeness (QED) is 0.809. The van der Waals surface area contributed by atoms with E-state index in [2.05, 4.69) is 66.1 Å². The first-order valence-electron chi connectivity index (χ1n) is 7.49. The molecule has 0 radical (unpaired) electrons. The van der Waals surface area contributed by atoms with Gasteiger partial charge in [0.2, 0.25) is 0 Å². The van der Waals surface area contributed by atoms with Crippen LogP contribution in [0.5, 0.6) is 0 Å². The van der Waals surface area contributed by atoms with Crippen LogP contribution in [0.2, 0.25) is 5.02 Å². The van der Waals surface area contributed by atoms with Crippen LogP contribution in [0.4, 0.5) is 11.4 Å². The van der Waals surface area contributed by atoms with Gasteiger partial charge in [0.25, 0.3) is 0 Å². The highest BCUT2D eigenvalue weighted by molar-refractivity contribution is 6.30. The molecule has 1 aliphatic heterocycles. The van der Waals surface area contributed by atoms with Crippen molar-refractivity contribution in [1.82, 2.24) is 0 Å². The van der Waals surface area contributed by atoms with E-state index in [1.807, 2.05) is 12.1 Å². The molecule has 0 N–H and O–H groups in total. The summed E-state index contributed by atoms with van der Waals surface area (Å²) in [6, 6.07) is 19.8. The van der Waals surface area contributed by atoms with Crippen LogP contribution in [-0.2, 0) is 0 Å². The van der Waals surface area contributed by atoms with E-state index in [0.29, 0.717) is 12.1 Å². The third-order valence-corrected chi connectivity index (χ3v) is 4.42. The van der Waals surface area contributed by atoms with E-state index in [1.165, 1.54) is 11.4 Å². The van der Waals surface area contributed by atoms with Gasteiger partial charge in [0, 0.05) is 41.6 Å². The van der Waals surface area contributed by atoms with Gasteiger partial charge in [-0.05, 0) is 50.2 Å². The van der Waals surface area contributed by atoms with Crippen molar-refractivity contribution < 1.29 is 0 Å². The number of halogens is 1. The maximum atomic E-state index is 5.98. The molecule has 1 aliphatic rings. The van der Waals surface area contributed by atoms with Crippen LogP contribution in [0.15, 0.2) is 54.6 Å². The zero-order valence-corrected chi connectivity index (χ0v) is 13.3. The van der Waals surface area contributed by atoms with E-state index < -0.39 is 0 Å². The van der Waals surface area contributed by atoms with Gasteiger partial charge in [-0.25, -0.2) is 0 Å². The van der Waals surface area contributed by atoms with Crippen molar-refractivity contribution in [3.8, 4) is 0 Å². The molecule has 3 rings (SSSR count). The van der Waals surface area contributed by atoms with Gasteiger partial charge in [-0.3, -0.25) is 0 Å². The van der Waals surface area contributed by atoms with Gasteiger partial charge in [0.15, 0.2) is 0 Å². The summed E-state index contributed by atoms with van der Waals surface area (Å²) in [5.41, 5.74) is 2.57. The SMILES string of the molecule is C[C@@H]1CN(c2ccc(Cl)cc2)C[C@H](C)N1c1ccccc1. The van der Waals surface area contributed by atoms with Crippen LogP contribution >= 0.6 is 11.6 Å². The highest BCUT2D eigenvalue weighted by atomic mass is 35.5. The van der Waals surface area contributed by atoms with Gasteiger partial charge in [-0.2, -0.15) is 0 Å². The Kier molecular flexibility index (Phi) is 4.07. The van der Waals surface area contributed by atoms with Crippen molar-refractivity contribution in [1.29, 1.82) is 0 Å². The van der Waals surface area contributed by atoms with E-state index in [9.17, 15) is 0 Å². The van der Waals surface area contributed by atoms with Gasteiger partial charge >= 0.3 is 0 Å². The molecule has 2 nitrogen and oxygen atoms in total. The second-order valence-electron chi connectivity index (χ2n) is 5.82. The number of hydrogen-bond donors (Lipinski definition) is 0. The highest BCUT2D eigenvalue weighted by Crippen LogP contribution is 2.27. The predicted octanol–water partition coefficient (Wildman–Crippen LogP) is 4.44. The number of nitrogens with zero attached hydrogens (tertiary/aromatic N) is 2. The van der Waals surface area contributed by atoms with Crippen molar-refractivity contribution in [2.45, 2.75) is 25.9 Å². The lowest BCUT2D eigenvalue weighted by Gasteiger charge is -2.46. The molecule has 0 amide bonds. The lowest BCUT2D eigenvalue weighted by atomic mass is 10.1. The lowest BCUT2D eigenvalue weighted by molar-refractivity contribution is 0.475. The number of rotatable bonds is 2. The number of piperazine rings is 1. The number of benzene rings is 2. The summed E-state index contributed by atoms with van der Waals surface area (Å²) in [6.07, 6.45) is 0. The fraction of sp³-hybridized carbons (Fsp3) is 0.333. The largest absolute Gasteiger partial charge is 0.367 e. The molecule has 21 heavy (non-hydrogen) atoms. The molecule has 2 aromatic rings. The number of para-hydroxylation sites is 1. The van der Waals surface area contributed by atoms with Gasteiger partial charge in [-0.1, -0.05) is 29.8 Å². The fourth-order valence-electron chi connectivity index (χ4n) is 3.29. The number of anilines is 2. The Morgan fingerprint density at radius 1 is 0.810 bits per heavy atom. The van der Waals surface area contributed by atoms with E-state index >= 15 is 0 Å². The molecule has 0 unspecified atom stereocenters. The van der Waals surface area contributed by atoms with Crippen molar-refractivity contribution in [2.75, 3.05) is 22.9 Å². The number of hydrogen-bond acceptors (Lipinski definition) is 2. The smallest absolute Gasteiger partial charge is 0.0440 e. The zero-order chi connectivity index (χ0) is 14.8. The Balaban J connectivity index is 1.79. The molecule has 2 aromatic carbocycles. The summed E-state index contributed by atoms with van der Waals surface area (Å²) in [4.78, 5) is 4.97. The van der Waals surface area contributed by atoms with Gasteiger partial charge in [-0.15, -0.1) is 0 Å². The van der Waals surface area contributed by atoms with Crippen molar-refractivity contribution in [2.24, 2.45) is 0 Å². The molecule has 1 fully saturated rings. The summed E-state index contributed by atoms with van der Waals surface area (Å²) in [5.74, 6) is 0. The van der Waals surface area contributed by atoms with Crippen LogP contribution in [0.3, 0.4) is 0 Å². The Morgan fingerprint density at radius 2 is 1.38 bits per heavy atom. The van der Waals surface area contributed by atoms with E-state index in [4.69, 9.17) is 11.6 Å². The van der Waals surface area contributed by atoms with Gasteiger partial charge < -0.3 is 9.80 Å². The summed E-state index contributed by atoms with van der Waals surface area (Å²) >= 11 is 5.98. The molecule has 0 aliphatic carbocycles. The van der Waals surface area contributed by atoms with E-state index in [0.717, 1.165) is 18.1 Å². The van der Waals surface area contributed by atoms with Crippen LogP contribution in [0, 0.1) is 0 Å². The van der Waals surface area contributed by atoms with E-state index in [1.54, 1.807) is 0 Å². The summed E-state index contributed by atoms with van der Waals surface area (Å²) < 4.78 is 0. The molecule has 110 valence electrons. The summed E-state index contributed by atoms with van der Waals surface area (Å²) in [5, 5.41) is 0.794. The average Bonchev–Trinajstić information content (AvgIpc) is 2.48. The van der Waals surface area contributed by atoms with Crippen LogP contribution in [0.1, 0.15) is 13.8 Å². The molecular formula is C18H21ClN2. The molecule has 2 atom stereocenters. The van der Waals surface area contributed by atoms with Crippen molar-refractivity contribution in [3.63, 3.8) is 0 Å². The Bertz CT molecular complexity index is 570. The molecule has 1 saturated heterocycles. The monoisotopic (exact) mass is 300 g/mol. The first-order chi connectivity index (χ1) is 10.1. The topological polar surface area (TPSA) is 6.48 Å². The fourth-order valence-corrected chi connectivity index (χ4v) is 3.42. The standard InChI is InChI=1S/C18H21ClN2/c1-14-12-20(17-10-8-16(19)9-11-17)13-15(2)21(14)18-6-4-3-5-7-18/h3-11,14-15H,12-13H2,1-2H3/t14-,15+. The van der Waals surface area contributed by atoms with Crippen LogP contribution in [-0.4, -0.2) is 25.2 Å². The zero-order valence-electron chi connectivity index (χ0n) is 12.5. The first-order valence-corrected chi connectivity index (χ1v) is 7.87. The maximum Gasteiger partial charge on any atom is 0.0440 e. The summed E-state index contributed by atoms with van der Waals surface area (Å²) in [7, 11) is 0. The van der Waals surface area contributed by atoms with Crippen molar-refractivity contribution in [3.05, 3.63) is 59.6 Å². The molecule has 3 heteroatoms. The Morgan fingerprint density at radius 3 is 1.95 bits per heavy atom. The van der Waals surface area contributed by atoms with Crippen LogP contribution < -0.4 is 9.80 Å². The van der Waals surface area contributed by atoms with Crippen molar-refractivity contribution >= 4 is 23.0 Å². The third-order valence-electron chi connectivity index (χ3n) is 4.17. The minimum Gasteiger partial charge on any atom is -0.367 e. The molecule has 0 saturated carbocycles.